The number of hydrogen-bond acceptors (Lipinski definition) is 4. The van der Waals surface area contributed by atoms with E-state index in [-0.39, 0.29) is 11.7 Å². The molecule has 2 aromatic carbocycles. The lowest BCUT2D eigenvalue weighted by molar-refractivity contribution is -0.113. The number of hydrogen-bond donors (Lipinski definition) is 1. The Bertz CT molecular complexity index is 1100. The smallest absolute Gasteiger partial charge is 0.234 e. The molecule has 0 saturated heterocycles. The van der Waals surface area contributed by atoms with E-state index >= 15 is 0 Å². The van der Waals surface area contributed by atoms with Crippen LogP contribution in [0.1, 0.15) is 11.4 Å². The molecule has 4 rings (SSSR count). The van der Waals surface area contributed by atoms with Gasteiger partial charge >= 0.3 is 0 Å². The van der Waals surface area contributed by atoms with Gasteiger partial charge in [-0.15, -0.1) is 10.2 Å². The fourth-order valence-corrected chi connectivity index (χ4v) is 3.61. The Morgan fingerprint density at radius 3 is 2.55 bits per heavy atom. The quantitative estimate of drug-likeness (QED) is 0.473. The number of carbonyl (C=O) groups is 1. The van der Waals surface area contributed by atoms with Crippen LogP contribution < -0.4 is 5.32 Å². The third-order valence-electron chi connectivity index (χ3n) is 4.14. The fraction of sp³-hybridized carbons (Fsp3) is 0.0952. The number of thioether (sulfide) groups is 1. The van der Waals surface area contributed by atoms with E-state index in [2.05, 4.69) is 15.5 Å². The summed E-state index contributed by atoms with van der Waals surface area (Å²) in [5.74, 6) is 0.252. The van der Waals surface area contributed by atoms with Gasteiger partial charge in [-0.3, -0.25) is 9.47 Å². The molecule has 6 nitrogen and oxygen atoms in total. The van der Waals surface area contributed by atoms with E-state index in [0.29, 0.717) is 17.3 Å². The van der Waals surface area contributed by atoms with Crippen molar-refractivity contribution in [3.8, 4) is 0 Å². The Kier molecular flexibility index (Phi) is 5.71. The van der Waals surface area contributed by atoms with Crippen LogP contribution in [0.25, 0.3) is 0 Å². The first-order valence-corrected chi connectivity index (χ1v) is 9.98. The highest BCUT2D eigenvalue weighted by Crippen LogP contribution is 2.20. The van der Waals surface area contributed by atoms with E-state index in [1.165, 1.54) is 23.9 Å². The first-order chi connectivity index (χ1) is 14.2. The molecule has 146 valence electrons. The molecule has 0 aliphatic rings. The molecular weight excluding hydrogens is 389 g/mol. The largest absolute Gasteiger partial charge is 0.325 e. The lowest BCUT2D eigenvalue weighted by Crippen LogP contribution is -2.16. The van der Waals surface area contributed by atoms with Crippen LogP contribution in [-0.2, 0) is 11.2 Å². The minimum absolute atomic E-state index is 0.126. The number of nitrogens with one attached hydrogen (secondary N) is 1. The van der Waals surface area contributed by atoms with E-state index in [1.54, 1.807) is 12.1 Å². The van der Waals surface area contributed by atoms with Crippen LogP contribution in [0.3, 0.4) is 0 Å². The third-order valence-corrected chi connectivity index (χ3v) is 5.06. The maximum atomic E-state index is 13.3. The summed E-state index contributed by atoms with van der Waals surface area (Å²) in [5.41, 5.74) is 1.54. The molecule has 0 unspecified atom stereocenters. The molecule has 0 aliphatic carbocycles. The van der Waals surface area contributed by atoms with Crippen LogP contribution in [0.15, 0.2) is 84.3 Å². The number of benzene rings is 2. The zero-order valence-electron chi connectivity index (χ0n) is 15.4. The molecule has 8 heteroatoms. The van der Waals surface area contributed by atoms with Crippen molar-refractivity contribution < 1.29 is 9.18 Å². The average Bonchev–Trinajstić information content (AvgIpc) is 3.37. The molecule has 0 radical (unpaired) electrons. The Morgan fingerprint density at radius 2 is 1.79 bits per heavy atom. The lowest BCUT2D eigenvalue weighted by Gasteiger charge is -2.11. The van der Waals surface area contributed by atoms with Crippen LogP contribution in [-0.4, -0.2) is 31.2 Å². The van der Waals surface area contributed by atoms with Gasteiger partial charge in [-0.2, -0.15) is 0 Å². The number of anilines is 1. The number of carbonyl (C=O) groups excluding carboxylic acids is 1. The minimum Gasteiger partial charge on any atom is -0.325 e. The fourth-order valence-electron chi connectivity index (χ4n) is 2.86. The predicted molar refractivity (Wildman–Crippen MR) is 110 cm³/mol. The summed E-state index contributed by atoms with van der Waals surface area (Å²) in [4.78, 5) is 12.3. The van der Waals surface area contributed by atoms with Gasteiger partial charge in [-0.05, 0) is 35.9 Å². The van der Waals surface area contributed by atoms with E-state index in [0.717, 1.165) is 11.4 Å². The van der Waals surface area contributed by atoms with Gasteiger partial charge in [-0.25, -0.2) is 9.07 Å². The van der Waals surface area contributed by atoms with Gasteiger partial charge in [0.25, 0.3) is 0 Å². The van der Waals surface area contributed by atoms with Crippen molar-refractivity contribution in [1.82, 2.24) is 19.5 Å². The first-order valence-electron chi connectivity index (χ1n) is 8.99. The molecule has 0 fully saturated rings. The Hall–Kier alpha value is -3.39. The third kappa shape index (κ3) is 4.72. The molecule has 0 atom stereocenters. The van der Waals surface area contributed by atoms with Crippen molar-refractivity contribution in [2.75, 3.05) is 11.1 Å². The van der Waals surface area contributed by atoms with Crippen molar-refractivity contribution in [3.05, 3.63) is 96.3 Å². The zero-order valence-corrected chi connectivity index (χ0v) is 16.2. The molecule has 2 aromatic heterocycles. The Morgan fingerprint density at radius 1 is 1.00 bits per heavy atom. The van der Waals surface area contributed by atoms with Gasteiger partial charge in [0, 0.05) is 24.5 Å². The molecule has 0 saturated carbocycles. The van der Waals surface area contributed by atoms with E-state index in [1.807, 2.05) is 64.2 Å². The second-order valence-corrected chi connectivity index (χ2v) is 7.23. The molecule has 1 N–H and O–H groups in total. The highest BCUT2D eigenvalue weighted by molar-refractivity contribution is 7.99. The molecule has 29 heavy (non-hydrogen) atoms. The van der Waals surface area contributed by atoms with Gasteiger partial charge in [0.1, 0.15) is 5.82 Å². The molecular formula is C21H18FN5OS. The normalized spacial score (nSPS) is 10.8. The molecule has 1 amide bonds. The van der Waals surface area contributed by atoms with E-state index < -0.39 is 5.82 Å². The Labute approximate surface area is 171 Å². The van der Waals surface area contributed by atoms with Crippen LogP contribution in [0, 0.1) is 5.82 Å². The summed E-state index contributed by atoms with van der Waals surface area (Å²) in [6, 6.07) is 19.6. The summed E-state index contributed by atoms with van der Waals surface area (Å²) in [7, 11) is 0. The van der Waals surface area contributed by atoms with Crippen molar-refractivity contribution in [2.45, 2.75) is 11.6 Å². The molecule has 2 heterocycles. The van der Waals surface area contributed by atoms with Crippen LogP contribution >= 0.6 is 11.8 Å². The maximum Gasteiger partial charge on any atom is 0.234 e. The van der Waals surface area contributed by atoms with Crippen molar-refractivity contribution >= 4 is 23.4 Å². The highest BCUT2D eigenvalue weighted by Gasteiger charge is 2.16. The van der Waals surface area contributed by atoms with Crippen molar-refractivity contribution in [2.24, 2.45) is 0 Å². The van der Waals surface area contributed by atoms with Gasteiger partial charge in [0.15, 0.2) is 5.82 Å². The summed E-state index contributed by atoms with van der Waals surface area (Å²) in [6.07, 6.45) is 4.41. The van der Waals surface area contributed by atoms with Gasteiger partial charge in [0.05, 0.1) is 5.75 Å². The van der Waals surface area contributed by atoms with Crippen molar-refractivity contribution in [3.63, 3.8) is 0 Å². The van der Waals surface area contributed by atoms with Gasteiger partial charge < -0.3 is 5.32 Å². The lowest BCUT2D eigenvalue weighted by atomic mass is 10.1. The predicted octanol–water partition coefficient (Wildman–Crippen LogP) is 3.85. The number of halogens is 1. The van der Waals surface area contributed by atoms with Crippen molar-refractivity contribution in [1.29, 1.82) is 0 Å². The molecule has 4 aromatic rings. The van der Waals surface area contributed by atoms with Crippen LogP contribution in [0.5, 0.6) is 0 Å². The summed E-state index contributed by atoms with van der Waals surface area (Å²) < 4.78 is 17.0. The maximum absolute atomic E-state index is 13.3. The minimum atomic E-state index is -0.395. The average molecular weight is 407 g/mol. The SMILES string of the molecule is O=C(CSc1nnc(Cc2ccccc2)n1-n1cccc1)Nc1cccc(F)c1. The number of aromatic nitrogens is 4. The second kappa shape index (κ2) is 8.74. The standard InChI is InChI=1S/C21H18FN5OS/c22-17-9-6-10-18(14-17)23-20(28)15-29-21-25-24-19(13-16-7-2-1-3-8-16)27(21)26-11-4-5-12-26/h1-12,14H,13,15H2,(H,23,28). The summed E-state index contributed by atoms with van der Waals surface area (Å²) in [6.45, 7) is 0. The van der Waals surface area contributed by atoms with Gasteiger partial charge in [0.2, 0.25) is 11.1 Å². The second-order valence-electron chi connectivity index (χ2n) is 6.28. The Balaban J connectivity index is 1.50. The monoisotopic (exact) mass is 407 g/mol. The topological polar surface area (TPSA) is 64.7 Å². The zero-order chi connectivity index (χ0) is 20.1. The van der Waals surface area contributed by atoms with E-state index in [9.17, 15) is 9.18 Å². The molecule has 0 aliphatic heterocycles. The van der Waals surface area contributed by atoms with E-state index in [4.69, 9.17) is 0 Å². The van der Waals surface area contributed by atoms with Gasteiger partial charge in [-0.1, -0.05) is 48.2 Å². The molecule has 0 spiro atoms. The summed E-state index contributed by atoms with van der Waals surface area (Å²) >= 11 is 1.27. The number of nitrogens with zero attached hydrogens (tertiary/aromatic N) is 4. The van der Waals surface area contributed by atoms with Crippen LogP contribution in [0.2, 0.25) is 0 Å². The first kappa shape index (κ1) is 18.9. The number of rotatable bonds is 7. The number of amides is 1. The van der Waals surface area contributed by atoms with Crippen LogP contribution in [0.4, 0.5) is 10.1 Å². The molecule has 0 bridgehead atoms. The highest BCUT2D eigenvalue weighted by atomic mass is 32.2. The summed E-state index contributed by atoms with van der Waals surface area (Å²) in [5, 5.41) is 11.9.